The van der Waals surface area contributed by atoms with Gasteiger partial charge in [-0.05, 0) is 51.3 Å². The molecule has 0 spiro atoms. The quantitative estimate of drug-likeness (QED) is 0.798. The smallest absolute Gasteiger partial charge is 0.410 e. The summed E-state index contributed by atoms with van der Waals surface area (Å²) in [6.45, 7) is 7.55. The molecule has 1 heterocycles. The van der Waals surface area contributed by atoms with Crippen LogP contribution in [0.25, 0.3) is 0 Å². The molecule has 1 aliphatic rings. The largest absolute Gasteiger partial charge is 0.444 e. The molecule has 4 nitrogen and oxygen atoms in total. The van der Waals surface area contributed by atoms with Gasteiger partial charge in [0, 0.05) is 12.5 Å². The average molecular weight is 307 g/mol. The topological polar surface area (TPSA) is 46.6 Å². The normalized spacial score (nSPS) is 19.2. The summed E-state index contributed by atoms with van der Waals surface area (Å²) in [5.41, 5.74) is 0.762. The second-order valence-corrected chi connectivity index (χ2v) is 6.72. The van der Waals surface area contributed by atoms with Gasteiger partial charge in [-0.15, -0.1) is 0 Å². The molecule has 1 atom stereocenters. The van der Waals surface area contributed by atoms with Crippen molar-refractivity contribution in [3.8, 4) is 0 Å². The first-order valence-electron chi connectivity index (χ1n) is 7.44. The molecule has 1 amide bonds. The van der Waals surface area contributed by atoms with Crippen LogP contribution in [0.3, 0.4) is 0 Å². The second kappa shape index (κ2) is 6.07. The summed E-state index contributed by atoms with van der Waals surface area (Å²) in [7, 11) is 0. The Bertz CT molecular complexity index is 592. The minimum absolute atomic E-state index is 0.0377. The fourth-order valence-electron chi connectivity index (χ4n) is 2.54. The molecule has 2 rings (SSSR count). The maximum absolute atomic E-state index is 13.3. The highest BCUT2D eigenvalue weighted by molar-refractivity contribution is 5.90. The van der Waals surface area contributed by atoms with Crippen molar-refractivity contribution in [2.75, 3.05) is 13.1 Å². The summed E-state index contributed by atoms with van der Waals surface area (Å²) >= 11 is 0. The first-order chi connectivity index (χ1) is 10.2. The lowest BCUT2D eigenvalue weighted by Gasteiger charge is -2.32. The van der Waals surface area contributed by atoms with Gasteiger partial charge in [0.25, 0.3) is 0 Å². The van der Waals surface area contributed by atoms with Crippen LogP contribution in [-0.4, -0.2) is 35.5 Å². The number of carbonyl (C=O) groups excluding carboxylic acids is 2. The van der Waals surface area contributed by atoms with Crippen molar-refractivity contribution < 1.29 is 18.7 Å². The number of hydrogen-bond donors (Lipinski definition) is 0. The molecule has 0 radical (unpaired) electrons. The number of hydrogen-bond acceptors (Lipinski definition) is 3. The Hall–Kier alpha value is -1.91. The van der Waals surface area contributed by atoms with Crippen LogP contribution in [-0.2, 0) is 9.53 Å². The van der Waals surface area contributed by atoms with Crippen molar-refractivity contribution in [3.63, 3.8) is 0 Å². The third-order valence-electron chi connectivity index (χ3n) is 3.66. The van der Waals surface area contributed by atoms with E-state index in [1.807, 2.05) is 0 Å². The fourth-order valence-corrected chi connectivity index (χ4v) is 2.54. The van der Waals surface area contributed by atoms with Crippen LogP contribution in [0.1, 0.15) is 44.2 Å². The lowest BCUT2D eigenvalue weighted by atomic mass is 9.87. The van der Waals surface area contributed by atoms with E-state index in [1.54, 1.807) is 39.8 Å². The van der Waals surface area contributed by atoms with Gasteiger partial charge in [-0.25, -0.2) is 9.18 Å². The van der Waals surface area contributed by atoms with Gasteiger partial charge in [0.15, 0.2) is 5.78 Å². The predicted molar refractivity (Wildman–Crippen MR) is 81.3 cm³/mol. The maximum Gasteiger partial charge on any atom is 0.410 e. The Morgan fingerprint density at radius 2 is 2.05 bits per heavy atom. The first kappa shape index (κ1) is 16.5. The number of nitrogens with zero attached hydrogens (tertiary/aromatic N) is 1. The zero-order valence-corrected chi connectivity index (χ0v) is 13.5. The monoisotopic (exact) mass is 307 g/mol. The van der Waals surface area contributed by atoms with Crippen molar-refractivity contribution in [2.24, 2.45) is 0 Å². The Kier molecular flexibility index (Phi) is 4.54. The number of ketones is 1. The van der Waals surface area contributed by atoms with Gasteiger partial charge in [0.1, 0.15) is 11.4 Å². The number of amides is 1. The van der Waals surface area contributed by atoms with Gasteiger partial charge in [-0.1, -0.05) is 12.1 Å². The number of benzene rings is 1. The molecular formula is C17H22FNO3. The first-order valence-corrected chi connectivity index (χ1v) is 7.44. The van der Waals surface area contributed by atoms with Crippen LogP contribution in [0.5, 0.6) is 0 Å². The average Bonchev–Trinajstić information content (AvgIpc) is 2.40. The third-order valence-corrected chi connectivity index (χ3v) is 3.66. The number of carbonyl (C=O) groups is 2. The second-order valence-electron chi connectivity index (χ2n) is 6.72. The molecule has 120 valence electrons. The van der Waals surface area contributed by atoms with Gasteiger partial charge in [-0.2, -0.15) is 0 Å². The van der Waals surface area contributed by atoms with E-state index in [0.29, 0.717) is 18.5 Å². The van der Waals surface area contributed by atoms with Crippen LogP contribution in [0.2, 0.25) is 0 Å². The lowest BCUT2D eigenvalue weighted by molar-refractivity contribution is -0.123. The summed E-state index contributed by atoms with van der Waals surface area (Å²) in [6.07, 6.45) is 0.0676. The summed E-state index contributed by atoms with van der Waals surface area (Å²) in [4.78, 5) is 25.8. The highest BCUT2D eigenvalue weighted by Gasteiger charge is 2.32. The standard InChI is InChI=1S/C17H22FNO3/c1-11-9-12(5-6-14(11)18)13-7-8-19(10-15(13)20)16(21)22-17(2,3)4/h5-6,9,13H,7-8,10H2,1-4H3. The number of rotatable bonds is 1. The van der Waals surface area contributed by atoms with E-state index in [0.717, 1.165) is 5.56 Å². The maximum atomic E-state index is 13.3. The number of piperidine rings is 1. The van der Waals surface area contributed by atoms with E-state index in [4.69, 9.17) is 4.74 Å². The molecule has 0 aromatic heterocycles. The molecule has 1 unspecified atom stereocenters. The molecule has 22 heavy (non-hydrogen) atoms. The van der Waals surface area contributed by atoms with Crippen LogP contribution in [0.4, 0.5) is 9.18 Å². The van der Waals surface area contributed by atoms with Crippen molar-refractivity contribution in [2.45, 2.75) is 45.6 Å². The van der Waals surface area contributed by atoms with Crippen LogP contribution >= 0.6 is 0 Å². The molecule has 5 heteroatoms. The van der Waals surface area contributed by atoms with Crippen molar-refractivity contribution in [3.05, 3.63) is 35.1 Å². The summed E-state index contributed by atoms with van der Waals surface area (Å²) in [5.74, 6) is -0.594. The van der Waals surface area contributed by atoms with E-state index < -0.39 is 11.7 Å². The Balaban J connectivity index is 2.05. The van der Waals surface area contributed by atoms with Crippen molar-refractivity contribution >= 4 is 11.9 Å². The third kappa shape index (κ3) is 3.84. The summed E-state index contributed by atoms with van der Waals surface area (Å²) < 4.78 is 18.6. The van der Waals surface area contributed by atoms with E-state index >= 15 is 0 Å². The number of ether oxygens (including phenoxy) is 1. The number of aryl methyl sites for hydroxylation is 1. The molecule has 1 saturated heterocycles. The van der Waals surface area contributed by atoms with Crippen molar-refractivity contribution in [1.82, 2.24) is 4.90 Å². The lowest BCUT2D eigenvalue weighted by Crippen LogP contribution is -2.45. The number of halogens is 1. The molecule has 1 fully saturated rings. The van der Waals surface area contributed by atoms with Gasteiger partial charge in [0.2, 0.25) is 0 Å². The summed E-state index contributed by atoms with van der Waals surface area (Å²) in [6, 6.07) is 4.74. The number of Topliss-reactive ketones (excluding diaryl/α,β-unsaturated/α-hetero) is 1. The molecule has 1 aromatic carbocycles. The molecular weight excluding hydrogens is 285 g/mol. The van der Waals surface area contributed by atoms with Crippen LogP contribution < -0.4 is 0 Å². The Morgan fingerprint density at radius 1 is 1.36 bits per heavy atom. The predicted octanol–water partition coefficient (Wildman–Crippen LogP) is 3.43. The van der Waals surface area contributed by atoms with Crippen LogP contribution in [0, 0.1) is 12.7 Å². The van der Waals surface area contributed by atoms with E-state index in [-0.39, 0.29) is 24.1 Å². The van der Waals surface area contributed by atoms with Crippen molar-refractivity contribution in [1.29, 1.82) is 0 Å². The van der Waals surface area contributed by atoms with Gasteiger partial charge < -0.3 is 9.64 Å². The molecule has 1 aromatic rings. The zero-order valence-electron chi connectivity index (χ0n) is 13.5. The molecule has 0 bridgehead atoms. The molecule has 1 aliphatic heterocycles. The number of likely N-dealkylation sites (tertiary alicyclic amines) is 1. The minimum atomic E-state index is -0.578. The minimum Gasteiger partial charge on any atom is -0.444 e. The highest BCUT2D eigenvalue weighted by Crippen LogP contribution is 2.27. The summed E-state index contributed by atoms with van der Waals surface area (Å²) in [5, 5.41) is 0. The fraction of sp³-hybridized carbons (Fsp3) is 0.529. The zero-order chi connectivity index (χ0) is 16.5. The Labute approximate surface area is 130 Å². The molecule has 0 N–H and O–H groups in total. The van der Waals surface area contributed by atoms with Gasteiger partial charge >= 0.3 is 6.09 Å². The van der Waals surface area contributed by atoms with Crippen LogP contribution in [0.15, 0.2) is 18.2 Å². The molecule has 0 aliphatic carbocycles. The van der Waals surface area contributed by atoms with E-state index in [2.05, 4.69) is 0 Å². The van der Waals surface area contributed by atoms with Gasteiger partial charge in [-0.3, -0.25) is 4.79 Å². The Morgan fingerprint density at radius 3 is 2.59 bits per heavy atom. The van der Waals surface area contributed by atoms with E-state index in [1.165, 1.54) is 11.0 Å². The molecule has 0 saturated carbocycles. The van der Waals surface area contributed by atoms with E-state index in [9.17, 15) is 14.0 Å². The SMILES string of the molecule is Cc1cc(C2CCN(C(=O)OC(C)(C)C)CC2=O)ccc1F. The van der Waals surface area contributed by atoms with Gasteiger partial charge in [0.05, 0.1) is 6.54 Å². The highest BCUT2D eigenvalue weighted by atomic mass is 19.1.